The standard InChI is InChI=1S/C43H78N4O3/c1-31(2)15-14-16-32(3)36-20-21-37-35-19-18-33-29-34(22-24-42(33,4)38(35)23-25-43(36,37)5)50-40(48)30-47(28-13-9-7-6-8-11-26-44)41(49)39(46)17-10-12-27-45/h18,31-32,34-39H,6-17,19-30,44-46H2,1-5H3/t32-,34+,35+,36-,37+,38?,39+,42+,43-/m1/s1. The highest BCUT2D eigenvalue weighted by molar-refractivity contribution is 5.85. The molecule has 1 amide bonds. The first-order chi connectivity index (χ1) is 23.9. The maximum Gasteiger partial charge on any atom is 0.325 e. The van der Waals surface area contributed by atoms with E-state index in [4.69, 9.17) is 21.9 Å². The lowest BCUT2D eigenvalue weighted by molar-refractivity contribution is -0.156. The molecule has 3 saturated carbocycles. The summed E-state index contributed by atoms with van der Waals surface area (Å²) in [5.41, 5.74) is 19.9. The Balaban J connectivity index is 1.33. The zero-order chi connectivity index (χ0) is 36.3. The van der Waals surface area contributed by atoms with Crippen LogP contribution in [0, 0.1) is 46.3 Å². The molecule has 1 unspecified atom stereocenters. The number of amides is 1. The molecule has 0 bridgehead atoms. The lowest BCUT2D eigenvalue weighted by Gasteiger charge is -2.58. The van der Waals surface area contributed by atoms with Gasteiger partial charge >= 0.3 is 5.97 Å². The Hall–Kier alpha value is -1.44. The summed E-state index contributed by atoms with van der Waals surface area (Å²) >= 11 is 0. The number of nitrogens with zero attached hydrogens (tertiary/aromatic N) is 1. The molecule has 0 radical (unpaired) electrons. The Morgan fingerprint density at radius 3 is 2.26 bits per heavy atom. The van der Waals surface area contributed by atoms with Crippen LogP contribution in [0.25, 0.3) is 0 Å². The summed E-state index contributed by atoms with van der Waals surface area (Å²) in [5.74, 6) is 4.49. The van der Waals surface area contributed by atoms with Gasteiger partial charge in [-0.3, -0.25) is 9.59 Å². The van der Waals surface area contributed by atoms with E-state index >= 15 is 0 Å². The van der Waals surface area contributed by atoms with Crippen LogP contribution in [0.1, 0.15) is 163 Å². The molecule has 0 heterocycles. The molecule has 9 atom stereocenters. The molecular weight excluding hydrogens is 620 g/mol. The minimum absolute atomic E-state index is 0.00850. The third kappa shape index (κ3) is 10.4. The van der Waals surface area contributed by atoms with Crippen LogP contribution >= 0.6 is 0 Å². The first-order valence-electron chi connectivity index (χ1n) is 21.3. The SMILES string of the molecule is CC(C)CCC[C@@H](C)[C@H]1CC[C@H]2[C@@H]3CC=C4C[C@@H](OC(=O)CN(CCCCCCCCN)C(=O)[C@@H](N)CCCCN)CC[C@]4(C)C3CC[C@]12C. The van der Waals surface area contributed by atoms with Gasteiger partial charge in [-0.1, -0.05) is 97.6 Å². The number of rotatable bonds is 21. The van der Waals surface area contributed by atoms with Gasteiger partial charge in [0.2, 0.25) is 5.91 Å². The molecule has 7 heteroatoms. The summed E-state index contributed by atoms with van der Waals surface area (Å²) in [6.45, 7) is 14.4. The maximum absolute atomic E-state index is 13.4. The predicted octanol–water partition coefficient (Wildman–Crippen LogP) is 8.52. The molecule has 0 aliphatic heterocycles. The molecule has 4 rings (SSSR count). The number of carbonyl (C=O) groups is 2. The van der Waals surface area contributed by atoms with Crippen LogP contribution in [0.2, 0.25) is 0 Å². The van der Waals surface area contributed by atoms with Crippen molar-refractivity contribution >= 4 is 11.9 Å². The summed E-state index contributed by atoms with van der Waals surface area (Å²) in [4.78, 5) is 28.5. The summed E-state index contributed by atoms with van der Waals surface area (Å²) in [7, 11) is 0. The van der Waals surface area contributed by atoms with E-state index in [-0.39, 0.29) is 29.9 Å². The zero-order valence-electron chi connectivity index (χ0n) is 33.1. The van der Waals surface area contributed by atoms with E-state index < -0.39 is 6.04 Å². The third-order valence-electron chi connectivity index (χ3n) is 14.4. The van der Waals surface area contributed by atoms with Crippen LogP contribution in [0.5, 0.6) is 0 Å². The van der Waals surface area contributed by atoms with Gasteiger partial charge in [0.25, 0.3) is 0 Å². The molecule has 6 N–H and O–H groups in total. The number of allylic oxidation sites excluding steroid dienone is 1. The van der Waals surface area contributed by atoms with Crippen LogP contribution in [-0.2, 0) is 14.3 Å². The lowest BCUT2D eigenvalue weighted by Crippen LogP contribution is -2.51. The van der Waals surface area contributed by atoms with E-state index in [0.717, 1.165) is 113 Å². The van der Waals surface area contributed by atoms with Crippen molar-refractivity contribution in [3.05, 3.63) is 11.6 Å². The van der Waals surface area contributed by atoms with Crippen molar-refractivity contribution in [3.8, 4) is 0 Å². The molecule has 0 spiro atoms. The van der Waals surface area contributed by atoms with Crippen molar-refractivity contribution < 1.29 is 14.3 Å². The fraction of sp³-hybridized carbons (Fsp3) is 0.907. The van der Waals surface area contributed by atoms with Gasteiger partial charge in [-0.25, -0.2) is 0 Å². The van der Waals surface area contributed by atoms with Gasteiger partial charge in [-0.05, 0) is 130 Å². The molecule has 0 aromatic rings. The molecule has 4 aliphatic carbocycles. The highest BCUT2D eigenvalue weighted by Gasteiger charge is 2.59. The van der Waals surface area contributed by atoms with Gasteiger partial charge in [0.1, 0.15) is 12.6 Å². The number of hydrogen-bond acceptors (Lipinski definition) is 6. The molecule has 288 valence electrons. The van der Waals surface area contributed by atoms with Crippen molar-refractivity contribution in [1.82, 2.24) is 4.90 Å². The predicted molar refractivity (Wildman–Crippen MR) is 207 cm³/mol. The monoisotopic (exact) mass is 699 g/mol. The molecule has 3 fully saturated rings. The average Bonchev–Trinajstić information content (AvgIpc) is 3.44. The Labute approximate surface area is 307 Å². The van der Waals surface area contributed by atoms with Gasteiger partial charge in [0, 0.05) is 13.0 Å². The second-order valence-electron chi connectivity index (χ2n) is 18.2. The first kappa shape index (κ1) is 41.3. The van der Waals surface area contributed by atoms with Gasteiger partial charge in [0.15, 0.2) is 0 Å². The van der Waals surface area contributed by atoms with Crippen molar-refractivity contribution in [2.75, 3.05) is 26.2 Å². The zero-order valence-corrected chi connectivity index (χ0v) is 33.1. The first-order valence-corrected chi connectivity index (χ1v) is 21.3. The normalized spacial score (nSPS) is 31.7. The summed E-state index contributed by atoms with van der Waals surface area (Å²) in [5, 5.41) is 0. The van der Waals surface area contributed by atoms with E-state index in [2.05, 4.69) is 40.7 Å². The highest BCUT2D eigenvalue weighted by Crippen LogP contribution is 2.67. The van der Waals surface area contributed by atoms with Crippen molar-refractivity contribution in [1.29, 1.82) is 0 Å². The number of ether oxygens (including phenoxy) is 1. The smallest absolute Gasteiger partial charge is 0.325 e. The fourth-order valence-corrected chi connectivity index (χ4v) is 11.4. The molecule has 0 aromatic heterocycles. The number of hydrogen-bond donors (Lipinski definition) is 3. The minimum atomic E-state index is -0.602. The van der Waals surface area contributed by atoms with E-state index in [1.807, 2.05) is 0 Å². The number of fused-ring (bicyclic) bond motifs is 5. The second kappa shape index (κ2) is 19.6. The summed E-state index contributed by atoms with van der Waals surface area (Å²) in [6, 6.07) is -0.602. The highest BCUT2D eigenvalue weighted by atomic mass is 16.5. The van der Waals surface area contributed by atoms with Gasteiger partial charge < -0.3 is 26.8 Å². The van der Waals surface area contributed by atoms with Crippen LogP contribution in [0.4, 0.5) is 0 Å². The number of carbonyl (C=O) groups excluding carboxylic acids is 2. The van der Waals surface area contributed by atoms with Gasteiger partial charge in [-0.2, -0.15) is 0 Å². The van der Waals surface area contributed by atoms with Crippen LogP contribution < -0.4 is 17.2 Å². The topological polar surface area (TPSA) is 125 Å². The van der Waals surface area contributed by atoms with Crippen molar-refractivity contribution in [2.45, 2.75) is 175 Å². The molecular formula is C43H78N4O3. The lowest BCUT2D eigenvalue weighted by atomic mass is 9.47. The maximum atomic E-state index is 13.4. The molecule has 50 heavy (non-hydrogen) atoms. The number of unbranched alkanes of at least 4 members (excludes halogenated alkanes) is 6. The minimum Gasteiger partial charge on any atom is -0.461 e. The second-order valence-corrected chi connectivity index (χ2v) is 18.2. The van der Waals surface area contributed by atoms with Crippen LogP contribution in [0.15, 0.2) is 11.6 Å². The van der Waals surface area contributed by atoms with Crippen molar-refractivity contribution in [3.63, 3.8) is 0 Å². The summed E-state index contributed by atoms with van der Waals surface area (Å²) < 4.78 is 6.18. The molecule has 0 aromatic carbocycles. The van der Waals surface area contributed by atoms with Crippen LogP contribution in [0.3, 0.4) is 0 Å². The fourth-order valence-electron chi connectivity index (χ4n) is 11.4. The number of esters is 1. The molecule has 7 nitrogen and oxygen atoms in total. The average molecular weight is 699 g/mol. The largest absolute Gasteiger partial charge is 0.461 e. The van der Waals surface area contributed by atoms with E-state index in [9.17, 15) is 9.59 Å². The molecule has 0 saturated heterocycles. The van der Waals surface area contributed by atoms with Gasteiger partial charge in [-0.15, -0.1) is 0 Å². The molecule has 4 aliphatic rings. The Morgan fingerprint density at radius 2 is 1.54 bits per heavy atom. The van der Waals surface area contributed by atoms with Gasteiger partial charge in [0.05, 0.1) is 6.04 Å². The number of nitrogens with two attached hydrogens (primary N) is 3. The third-order valence-corrected chi connectivity index (χ3v) is 14.4. The quantitative estimate of drug-likeness (QED) is 0.0627. The Bertz CT molecular complexity index is 1090. The van der Waals surface area contributed by atoms with Crippen LogP contribution in [-0.4, -0.2) is 55.1 Å². The van der Waals surface area contributed by atoms with E-state index in [1.54, 1.807) is 4.90 Å². The van der Waals surface area contributed by atoms with Crippen molar-refractivity contribution in [2.24, 2.45) is 63.5 Å². The van der Waals surface area contributed by atoms with E-state index in [0.29, 0.717) is 24.9 Å². The van der Waals surface area contributed by atoms with E-state index in [1.165, 1.54) is 56.9 Å². The summed E-state index contributed by atoms with van der Waals surface area (Å²) in [6.07, 6.45) is 24.9. The Morgan fingerprint density at radius 1 is 0.840 bits per heavy atom. The Kier molecular flexibility index (Phi) is 16.2.